The highest BCUT2D eigenvalue weighted by Crippen LogP contribution is 2.32. The van der Waals surface area contributed by atoms with Crippen molar-refractivity contribution in [2.75, 3.05) is 6.61 Å². The lowest BCUT2D eigenvalue weighted by atomic mass is 10.1. The van der Waals surface area contributed by atoms with E-state index >= 15 is 0 Å². The number of carbonyl (C=O) groups is 1. The number of hydrogen-bond donors (Lipinski definition) is 0. The molecule has 6 heteroatoms. The van der Waals surface area contributed by atoms with Crippen LogP contribution in [0.3, 0.4) is 0 Å². The Hall–Kier alpha value is -3.57. The summed E-state index contributed by atoms with van der Waals surface area (Å²) >= 11 is 5.92. The Morgan fingerprint density at radius 2 is 1.72 bits per heavy atom. The van der Waals surface area contributed by atoms with Gasteiger partial charge in [-0.15, -0.1) is 0 Å². The van der Waals surface area contributed by atoms with Crippen molar-refractivity contribution < 1.29 is 23.4 Å². The number of carbonyl (C=O) groups excluding carboxylic acids is 1. The molecule has 0 fully saturated rings. The van der Waals surface area contributed by atoms with Crippen molar-refractivity contribution in [3.63, 3.8) is 0 Å². The lowest BCUT2D eigenvalue weighted by Crippen LogP contribution is -2.00. The number of ether oxygens (including phenoxy) is 3. The molecule has 4 nitrogen and oxygen atoms in total. The molecule has 0 saturated carbocycles. The first-order chi connectivity index (χ1) is 15.5. The third-order valence-electron chi connectivity index (χ3n) is 4.75. The van der Waals surface area contributed by atoms with E-state index in [0.717, 1.165) is 11.1 Å². The van der Waals surface area contributed by atoms with Crippen LogP contribution >= 0.6 is 11.6 Å². The molecule has 0 N–H and O–H groups in total. The van der Waals surface area contributed by atoms with E-state index in [1.165, 1.54) is 12.1 Å². The molecular formula is C26H20ClFO4. The van der Waals surface area contributed by atoms with Crippen LogP contribution in [0.15, 0.2) is 78.4 Å². The second-order valence-electron chi connectivity index (χ2n) is 7.06. The Balaban J connectivity index is 1.54. The fraction of sp³-hybridized carbons (Fsp3) is 0.115. The summed E-state index contributed by atoms with van der Waals surface area (Å²) in [5.41, 5.74) is 2.76. The zero-order valence-corrected chi connectivity index (χ0v) is 18.1. The van der Waals surface area contributed by atoms with Crippen molar-refractivity contribution >= 4 is 29.4 Å². The van der Waals surface area contributed by atoms with Gasteiger partial charge in [-0.2, -0.15) is 0 Å². The molecule has 3 aromatic rings. The maximum absolute atomic E-state index is 13.1. The molecule has 0 aliphatic carbocycles. The highest BCUT2D eigenvalue weighted by atomic mass is 35.5. The average Bonchev–Trinajstić information content (AvgIpc) is 3.15. The number of halogens is 2. The van der Waals surface area contributed by atoms with Crippen LogP contribution in [0.25, 0.3) is 11.8 Å². The predicted molar refractivity (Wildman–Crippen MR) is 122 cm³/mol. The number of hydrogen-bond acceptors (Lipinski definition) is 4. The maximum atomic E-state index is 13.1. The van der Waals surface area contributed by atoms with Crippen LogP contribution in [0.2, 0.25) is 5.02 Å². The van der Waals surface area contributed by atoms with E-state index in [-0.39, 0.29) is 5.82 Å². The minimum Gasteiger partial charge on any atom is -0.490 e. The van der Waals surface area contributed by atoms with Crippen molar-refractivity contribution in [3.05, 3.63) is 106 Å². The standard InChI is InChI=1S/C26H20ClFO4/c1-2-30-25-14-18(5-12-23(25)31-16-17-3-8-21(27)9-4-17)13-20-15-24(32-26(20)29)19-6-10-22(28)11-7-19/h3-15H,2,16H2,1H3. The molecule has 0 bridgehead atoms. The molecule has 1 aliphatic rings. The fourth-order valence-corrected chi connectivity index (χ4v) is 3.29. The first-order valence-corrected chi connectivity index (χ1v) is 10.5. The number of benzene rings is 3. The van der Waals surface area contributed by atoms with Crippen molar-refractivity contribution in [1.82, 2.24) is 0 Å². The number of esters is 1. The first kappa shape index (κ1) is 21.7. The molecule has 3 aromatic carbocycles. The van der Waals surface area contributed by atoms with Gasteiger partial charge in [0.15, 0.2) is 11.5 Å². The zero-order valence-electron chi connectivity index (χ0n) is 17.3. The van der Waals surface area contributed by atoms with E-state index in [9.17, 15) is 9.18 Å². The van der Waals surface area contributed by atoms with Gasteiger partial charge in [-0.1, -0.05) is 29.8 Å². The molecule has 0 atom stereocenters. The molecule has 0 aromatic heterocycles. The molecule has 4 rings (SSSR count). The third kappa shape index (κ3) is 5.18. The van der Waals surface area contributed by atoms with Crippen LogP contribution in [0.5, 0.6) is 11.5 Å². The third-order valence-corrected chi connectivity index (χ3v) is 5.00. The summed E-state index contributed by atoms with van der Waals surface area (Å²) in [4.78, 5) is 12.3. The van der Waals surface area contributed by atoms with Gasteiger partial charge in [-0.3, -0.25) is 0 Å². The Morgan fingerprint density at radius 3 is 2.44 bits per heavy atom. The van der Waals surface area contributed by atoms with Crippen LogP contribution in [0, 0.1) is 5.82 Å². The van der Waals surface area contributed by atoms with Gasteiger partial charge in [-0.25, -0.2) is 9.18 Å². The molecule has 0 saturated heterocycles. The predicted octanol–water partition coefficient (Wildman–Crippen LogP) is 6.44. The smallest absolute Gasteiger partial charge is 0.343 e. The Morgan fingerprint density at radius 1 is 0.969 bits per heavy atom. The first-order valence-electron chi connectivity index (χ1n) is 10.1. The van der Waals surface area contributed by atoms with E-state index in [2.05, 4.69) is 0 Å². The van der Waals surface area contributed by atoms with Gasteiger partial charge in [-0.05, 0) is 78.7 Å². The molecular weight excluding hydrogens is 431 g/mol. The van der Waals surface area contributed by atoms with Crippen LogP contribution in [-0.4, -0.2) is 12.6 Å². The summed E-state index contributed by atoms with van der Waals surface area (Å²) in [6, 6.07) is 18.7. The van der Waals surface area contributed by atoms with Gasteiger partial charge in [0.1, 0.15) is 18.2 Å². The van der Waals surface area contributed by atoms with Crippen LogP contribution in [0.1, 0.15) is 23.6 Å². The van der Waals surface area contributed by atoms with Crippen LogP contribution in [0.4, 0.5) is 4.39 Å². The lowest BCUT2D eigenvalue weighted by molar-refractivity contribution is -0.130. The van der Waals surface area contributed by atoms with E-state index in [1.54, 1.807) is 30.4 Å². The fourth-order valence-electron chi connectivity index (χ4n) is 3.17. The van der Waals surface area contributed by atoms with E-state index < -0.39 is 5.97 Å². The van der Waals surface area contributed by atoms with Crippen molar-refractivity contribution in [3.8, 4) is 11.5 Å². The molecule has 0 spiro atoms. The van der Waals surface area contributed by atoms with Gasteiger partial charge >= 0.3 is 5.97 Å². The summed E-state index contributed by atoms with van der Waals surface area (Å²) in [5, 5.41) is 0.670. The minimum absolute atomic E-state index is 0.351. The molecule has 0 radical (unpaired) electrons. The highest BCUT2D eigenvalue weighted by molar-refractivity contribution is 6.30. The number of rotatable bonds is 7. The monoisotopic (exact) mass is 450 g/mol. The molecule has 0 amide bonds. The van der Waals surface area contributed by atoms with Crippen molar-refractivity contribution in [2.45, 2.75) is 13.5 Å². The average molecular weight is 451 g/mol. The molecule has 1 heterocycles. The highest BCUT2D eigenvalue weighted by Gasteiger charge is 2.22. The summed E-state index contributed by atoms with van der Waals surface area (Å²) in [6.45, 7) is 2.72. The Bertz CT molecular complexity index is 1180. The van der Waals surface area contributed by atoms with E-state index in [1.807, 2.05) is 43.3 Å². The van der Waals surface area contributed by atoms with Gasteiger partial charge < -0.3 is 14.2 Å². The van der Waals surface area contributed by atoms with Gasteiger partial charge in [0.2, 0.25) is 0 Å². The van der Waals surface area contributed by atoms with E-state index in [0.29, 0.717) is 46.6 Å². The summed E-state index contributed by atoms with van der Waals surface area (Å²) < 4.78 is 30.1. The SMILES string of the molecule is CCOc1cc(C=C2C=C(c3ccc(F)cc3)OC2=O)ccc1OCc1ccc(Cl)cc1. The number of cyclic esters (lactones) is 1. The molecule has 162 valence electrons. The summed E-state index contributed by atoms with van der Waals surface area (Å²) in [5.74, 6) is 0.737. The molecule has 0 unspecified atom stereocenters. The second-order valence-corrected chi connectivity index (χ2v) is 7.50. The normalized spacial score (nSPS) is 14.3. The topological polar surface area (TPSA) is 44.8 Å². The summed E-state index contributed by atoms with van der Waals surface area (Å²) in [6.07, 6.45) is 3.35. The van der Waals surface area contributed by atoms with Crippen LogP contribution < -0.4 is 9.47 Å². The van der Waals surface area contributed by atoms with E-state index in [4.69, 9.17) is 25.8 Å². The second kappa shape index (κ2) is 9.71. The zero-order chi connectivity index (χ0) is 22.5. The largest absolute Gasteiger partial charge is 0.490 e. The van der Waals surface area contributed by atoms with Crippen LogP contribution in [-0.2, 0) is 16.1 Å². The van der Waals surface area contributed by atoms with Gasteiger partial charge in [0.25, 0.3) is 0 Å². The molecule has 1 aliphatic heterocycles. The lowest BCUT2D eigenvalue weighted by Gasteiger charge is -2.13. The Labute approximate surface area is 190 Å². The summed E-state index contributed by atoms with van der Waals surface area (Å²) in [7, 11) is 0. The quantitative estimate of drug-likeness (QED) is 0.307. The maximum Gasteiger partial charge on any atom is 0.343 e. The Kier molecular flexibility index (Phi) is 6.57. The minimum atomic E-state index is -0.467. The molecule has 32 heavy (non-hydrogen) atoms. The van der Waals surface area contributed by atoms with Crippen molar-refractivity contribution in [2.24, 2.45) is 0 Å². The van der Waals surface area contributed by atoms with Crippen molar-refractivity contribution in [1.29, 1.82) is 0 Å². The van der Waals surface area contributed by atoms with Gasteiger partial charge in [0.05, 0.1) is 12.2 Å². The van der Waals surface area contributed by atoms with Gasteiger partial charge in [0, 0.05) is 10.6 Å².